The van der Waals surface area contributed by atoms with Gasteiger partial charge in [0.1, 0.15) is 0 Å². The molecule has 2 aliphatic carbocycles. The predicted octanol–water partition coefficient (Wildman–Crippen LogP) is 1.80. The summed E-state index contributed by atoms with van der Waals surface area (Å²) in [6, 6.07) is 0.0702. The Labute approximate surface area is 105 Å². The maximum absolute atomic E-state index is 9.16. The minimum absolute atomic E-state index is 0.0702. The molecule has 0 radical (unpaired) electrons. The lowest BCUT2D eigenvalue weighted by molar-refractivity contribution is -0.0566. The third-order valence-corrected chi connectivity index (χ3v) is 5.84. The van der Waals surface area contributed by atoms with Crippen LogP contribution in [-0.2, 0) is 4.74 Å². The number of hydrogen-bond donors (Lipinski definition) is 2. The van der Waals surface area contributed by atoms with Gasteiger partial charge >= 0.3 is 0 Å². The summed E-state index contributed by atoms with van der Waals surface area (Å²) in [6.45, 7) is 7.95. The SMILES string of the molecule is CNC(CO)COC1CC2CCC1(C)C2(C)C. The van der Waals surface area contributed by atoms with Crippen molar-refractivity contribution >= 4 is 0 Å². The first-order valence-corrected chi connectivity index (χ1v) is 6.85. The number of nitrogens with one attached hydrogen (secondary N) is 1. The molecule has 2 aliphatic rings. The van der Waals surface area contributed by atoms with Crippen molar-refractivity contribution < 1.29 is 9.84 Å². The van der Waals surface area contributed by atoms with E-state index in [1.165, 1.54) is 19.3 Å². The third-order valence-electron chi connectivity index (χ3n) is 5.84. The van der Waals surface area contributed by atoms with Gasteiger partial charge in [-0.15, -0.1) is 0 Å². The number of aliphatic hydroxyl groups excluding tert-OH is 1. The summed E-state index contributed by atoms with van der Waals surface area (Å²) in [5.41, 5.74) is 0.734. The van der Waals surface area contributed by atoms with E-state index >= 15 is 0 Å². The van der Waals surface area contributed by atoms with Crippen molar-refractivity contribution in [3.8, 4) is 0 Å². The first kappa shape index (κ1) is 13.3. The van der Waals surface area contributed by atoms with Crippen LogP contribution in [0.4, 0.5) is 0 Å². The molecular formula is C14H27NO2. The highest BCUT2D eigenvalue weighted by molar-refractivity contribution is 5.11. The summed E-state index contributed by atoms with van der Waals surface area (Å²) >= 11 is 0. The van der Waals surface area contributed by atoms with Gasteiger partial charge < -0.3 is 15.2 Å². The normalized spacial score (nSPS) is 40.8. The second-order valence-electron chi connectivity index (χ2n) is 6.60. The van der Waals surface area contributed by atoms with E-state index in [-0.39, 0.29) is 12.6 Å². The Balaban J connectivity index is 1.96. The molecule has 0 heterocycles. The van der Waals surface area contributed by atoms with Crippen molar-refractivity contribution in [3.63, 3.8) is 0 Å². The monoisotopic (exact) mass is 241 g/mol. The van der Waals surface area contributed by atoms with Crippen molar-refractivity contribution in [1.29, 1.82) is 0 Å². The van der Waals surface area contributed by atoms with Gasteiger partial charge in [0.05, 0.1) is 25.4 Å². The molecule has 2 fully saturated rings. The summed E-state index contributed by atoms with van der Waals surface area (Å²) in [7, 11) is 1.87. The van der Waals surface area contributed by atoms with Gasteiger partial charge in [-0.25, -0.2) is 0 Å². The first-order valence-electron chi connectivity index (χ1n) is 6.85. The van der Waals surface area contributed by atoms with Gasteiger partial charge in [0, 0.05) is 0 Å². The fourth-order valence-corrected chi connectivity index (χ4v) is 3.84. The molecule has 17 heavy (non-hydrogen) atoms. The number of hydrogen-bond acceptors (Lipinski definition) is 3. The Morgan fingerprint density at radius 3 is 2.53 bits per heavy atom. The molecule has 0 saturated heterocycles. The largest absolute Gasteiger partial charge is 0.395 e. The molecule has 4 atom stereocenters. The lowest BCUT2D eigenvalue weighted by Crippen LogP contribution is -2.41. The standard InChI is InChI=1S/C14H27NO2/c1-13(2)10-5-6-14(13,3)12(7-10)17-9-11(8-16)15-4/h10-12,15-16H,5-9H2,1-4H3. The Morgan fingerprint density at radius 1 is 1.41 bits per heavy atom. The average Bonchev–Trinajstić information content (AvgIpc) is 2.63. The topological polar surface area (TPSA) is 41.5 Å². The molecule has 0 aromatic carbocycles. The van der Waals surface area contributed by atoms with Crippen LogP contribution < -0.4 is 5.32 Å². The van der Waals surface area contributed by atoms with E-state index in [1.54, 1.807) is 0 Å². The van der Waals surface area contributed by atoms with Gasteiger partial charge in [0.15, 0.2) is 0 Å². The van der Waals surface area contributed by atoms with Crippen molar-refractivity contribution in [2.24, 2.45) is 16.7 Å². The van der Waals surface area contributed by atoms with Crippen molar-refractivity contribution in [3.05, 3.63) is 0 Å². The van der Waals surface area contributed by atoms with Crippen LogP contribution in [0.2, 0.25) is 0 Å². The average molecular weight is 241 g/mol. The number of ether oxygens (including phenoxy) is 1. The van der Waals surface area contributed by atoms with E-state index in [9.17, 15) is 0 Å². The van der Waals surface area contributed by atoms with Crippen molar-refractivity contribution in [2.45, 2.75) is 52.2 Å². The molecule has 0 aromatic rings. The minimum Gasteiger partial charge on any atom is -0.395 e. The van der Waals surface area contributed by atoms with Crippen LogP contribution in [-0.4, -0.2) is 37.5 Å². The molecule has 0 aliphatic heterocycles. The van der Waals surface area contributed by atoms with Gasteiger partial charge in [0.2, 0.25) is 0 Å². The van der Waals surface area contributed by atoms with E-state index in [0.29, 0.717) is 23.5 Å². The Kier molecular flexibility index (Phi) is 3.54. The number of fused-ring (bicyclic) bond motifs is 2. The van der Waals surface area contributed by atoms with Crippen LogP contribution >= 0.6 is 0 Å². The van der Waals surface area contributed by atoms with Crippen LogP contribution in [0.3, 0.4) is 0 Å². The molecule has 0 spiro atoms. The predicted molar refractivity (Wildman–Crippen MR) is 68.9 cm³/mol. The van der Waals surface area contributed by atoms with Crippen LogP contribution in [0.25, 0.3) is 0 Å². The molecular weight excluding hydrogens is 214 g/mol. The summed E-state index contributed by atoms with van der Waals surface area (Å²) in [4.78, 5) is 0. The zero-order valence-electron chi connectivity index (χ0n) is 11.6. The molecule has 0 aromatic heterocycles. The Hall–Kier alpha value is -0.120. The highest BCUT2D eigenvalue weighted by atomic mass is 16.5. The van der Waals surface area contributed by atoms with E-state index < -0.39 is 0 Å². The molecule has 3 nitrogen and oxygen atoms in total. The van der Waals surface area contributed by atoms with Gasteiger partial charge in [-0.05, 0) is 43.1 Å². The quantitative estimate of drug-likeness (QED) is 0.771. The van der Waals surface area contributed by atoms with E-state index in [2.05, 4.69) is 26.1 Å². The van der Waals surface area contributed by atoms with Gasteiger partial charge in [-0.3, -0.25) is 0 Å². The van der Waals surface area contributed by atoms with Crippen LogP contribution in [0.15, 0.2) is 0 Å². The number of rotatable bonds is 5. The van der Waals surface area contributed by atoms with E-state index in [1.807, 2.05) is 7.05 Å². The lowest BCUT2D eigenvalue weighted by atomic mass is 9.70. The highest BCUT2D eigenvalue weighted by Gasteiger charge is 2.61. The smallest absolute Gasteiger partial charge is 0.0646 e. The van der Waals surface area contributed by atoms with Crippen molar-refractivity contribution in [2.75, 3.05) is 20.3 Å². The zero-order valence-corrected chi connectivity index (χ0v) is 11.6. The molecule has 100 valence electrons. The maximum atomic E-state index is 9.16. The summed E-state index contributed by atoms with van der Waals surface area (Å²) < 4.78 is 6.10. The molecule has 2 saturated carbocycles. The Morgan fingerprint density at radius 2 is 2.12 bits per heavy atom. The third kappa shape index (κ3) is 1.92. The van der Waals surface area contributed by atoms with Gasteiger partial charge in [-0.2, -0.15) is 0 Å². The van der Waals surface area contributed by atoms with E-state index in [0.717, 1.165) is 5.92 Å². The molecule has 2 N–H and O–H groups in total. The van der Waals surface area contributed by atoms with Gasteiger partial charge in [0.25, 0.3) is 0 Å². The lowest BCUT2D eigenvalue weighted by Gasteiger charge is -2.39. The first-order chi connectivity index (χ1) is 7.95. The van der Waals surface area contributed by atoms with Crippen LogP contribution in [0, 0.1) is 16.7 Å². The summed E-state index contributed by atoms with van der Waals surface area (Å²) in [6.07, 6.45) is 4.22. The second-order valence-corrected chi connectivity index (χ2v) is 6.60. The zero-order chi connectivity index (χ0) is 12.7. The molecule has 3 heteroatoms. The number of aliphatic hydroxyl groups is 1. The highest BCUT2D eigenvalue weighted by Crippen LogP contribution is 2.66. The van der Waals surface area contributed by atoms with E-state index in [4.69, 9.17) is 9.84 Å². The molecule has 2 rings (SSSR count). The second kappa shape index (κ2) is 4.52. The van der Waals surface area contributed by atoms with Crippen LogP contribution in [0.1, 0.15) is 40.0 Å². The van der Waals surface area contributed by atoms with Crippen LogP contribution in [0.5, 0.6) is 0 Å². The fraction of sp³-hybridized carbons (Fsp3) is 1.00. The molecule has 4 unspecified atom stereocenters. The Bertz CT molecular complexity index is 275. The fourth-order valence-electron chi connectivity index (χ4n) is 3.84. The number of likely N-dealkylation sites (N-methyl/N-ethyl adjacent to an activating group) is 1. The maximum Gasteiger partial charge on any atom is 0.0646 e. The van der Waals surface area contributed by atoms with Crippen molar-refractivity contribution in [1.82, 2.24) is 5.32 Å². The molecule has 2 bridgehead atoms. The summed E-state index contributed by atoms with van der Waals surface area (Å²) in [5, 5.41) is 12.2. The molecule has 0 amide bonds. The van der Waals surface area contributed by atoms with Gasteiger partial charge in [-0.1, -0.05) is 20.8 Å². The minimum atomic E-state index is 0.0702. The summed E-state index contributed by atoms with van der Waals surface area (Å²) in [5.74, 6) is 0.819.